The first kappa shape index (κ1) is 15.2. The normalized spacial score (nSPS) is 12.6. The van der Waals surface area contributed by atoms with Crippen LogP contribution < -0.4 is 5.32 Å². The fourth-order valence-corrected chi connectivity index (χ4v) is 1.76. The first-order chi connectivity index (χ1) is 8.40. The van der Waals surface area contributed by atoms with Crippen LogP contribution in [0.5, 0.6) is 0 Å². The van der Waals surface area contributed by atoms with Gasteiger partial charge in [-0.2, -0.15) is 0 Å². The third-order valence-corrected chi connectivity index (χ3v) is 2.99. The molecule has 0 aliphatic carbocycles. The van der Waals surface area contributed by atoms with E-state index in [0.29, 0.717) is 17.9 Å². The number of aromatic nitrogens is 1. The second kappa shape index (κ2) is 6.92. The van der Waals surface area contributed by atoms with Crippen LogP contribution in [0.25, 0.3) is 0 Å². The highest BCUT2D eigenvalue weighted by Gasteiger charge is 2.12. The summed E-state index contributed by atoms with van der Waals surface area (Å²) in [5.41, 5.74) is 0.321. The average Bonchev–Trinajstić information content (AvgIpc) is 2.28. The maximum absolute atomic E-state index is 11.7. The van der Waals surface area contributed by atoms with Crippen LogP contribution in [-0.4, -0.2) is 28.6 Å². The highest BCUT2D eigenvalue weighted by molar-refractivity contribution is 6.41. The largest absolute Gasteiger partial charge is 0.391 e. The van der Waals surface area contributed by atoms with Crippen molar-refractivity contribution in [3.63, 3.8) is 0 Å². The first-order valence-corrected chi connectivity index (χ1v) is 6.43. The van der Waals surface area contributed by atoms with E-state index in [1.807, 2.05) is 13.8 Å². The van der Waals surface area contributed by atoms with Gasteiger partial charge in [-0.05, 0) is 18.4 Å². The molecule has 100 valence electrons. The molecule has 1 atom stereocenters. The maximum Gasteiger partial charge on any atom is 0.252 e. The zero-order valence-electron chi connectivity index (χ0n) is 10.3. The molecule has 1 rings (SSSR count). The number of hydrogen-bond donors (Lipinski definition) is 2. The molecule has 4 nitrogen and oxygen atoms in total. The molecule has 0 radical (unpaired) electrons. The zero-order chi connectivity index (χ0) is 13.7. The number of carbonyl (C=O) groups is 1. The Kier molecular flexibility index (Phi) is 5.85. The highest BCUT2D eigenvalue weighted by Crippen LogP contribution is 2.19. The Hall–Kier alpha value is -0.840. The van der Waals surface area contributed by atoms with Crippen molar-refractivity contribution in [2.45, 2.75) is 26.4 Å². The van der Waals surface area contributed by atoms with Crippen molar-refractivity contribution in [2.75, 3.05) is 6.54 Å². The Bertz CT molecular complexity index is 425. The molecule has 0 saturated heterocycles. The van der Waals surface area contributed by atoms with Gasteiger partial charge >= 0.3 is 0 Å². The number of aliphatic hydroxyl groups is 1. The molecule has 0 aromatic carbocycles. The Morgan fingerprint density at radius 1 is 1.50 bits per heavy atom. The number of pyridine rings is 1. The number of hydrogen-bond acceptors (Lipinski definition) is 3. The maximum atomic E-state index is 11.7. The van der Waals surface area contributed by atoms with E-state index < -0.39 is 6.10 Å². The quantitative estimate of drug-likeness (QED) is 0.819. The van der Waals surface area contributed by atoms with Crippen LogP contribution in [0.3, 0.4) is 0 Å². The van der Waals surface area contributed by atoms with Gasteiger partial charge in [-0.1, -0.05) is 37.0 Å². The van der Waals surface area contributed by atoms with Crippen molar-refractivity contribution >= 4 is 29.1 Å². The van der Waals surface area contributed by atoms with Crippen LogP contribution in [0, 0.1) is 5.92 Å². The molecule has 6 heteroatoms. The summed E-state index contributed by atoms with van der Waals surface area (Å²) in [5, 5.41) is 12.6. The fraction of sp³-hybridized carbons (Fsp3) is 0.500. The molecular weight excluding hydrogens is 275 g/mol. The molecule has 1 heterocycles. The number of nitrogens with one attached hydrogen (secondary N) is 1. The lowest BCUT2D eigenvalue weighted by Crippen LogP contribution is -2.32. The van der Waals surface area contributed by atoms with Crippen LogP contribution in [-0.2, 0) is 0 Å². The number of carbonyl (C=O) groups excluding carboxylic acids is 1. The minimum atomic E-state index is -0.551. The van der Waals surface area contributed by atoms with Gasteiger partial charge < -0.3 is 10.4 Å². The molecule has 1 aromatic rings. The second-order valence-electron chi connectivity index (χ2n) is 4.49. The standard InChI is InChI=1S/C12H16Cl2N2O2/c1-7(2)3-9(17)6-16-12(18)8-4-10(13)11(14)15-5-8/h4-5,7,9,17H,3,6H2,1-2H3,(H,16,18). The van der Waals surface area contributed by atoms with E-state index >= 15 is 0 Å². The summed E-state index contributed by atoms with van der Waals surface area (Å²) in [6.07, 6.45) is 1.43. The first-order valence-electron chi connectivity index (χ1n) is 5.67. The van der Waals surface area contributed by atoms with E-state index in [1.54, 1.807) is 0 Å². The topological polar surface area (TPSA) is 62.2 Å². The van der Waals surface area contributed by atoms with E-state index in [0.717, 1.165) is 0 Å². The zero-order valence-corrected chi connectivity index (χ0v) is 11.8. The Morgan fingerprint density at radius 3 is 2.72 bits per heavy atom. The van der Waals surface area contributed by atoms with Gasteiger partial charge in [0.05, 0.1) is 16.7 Å². The minimum Gasteiger partial charge on any atom is -0.391 e. The van der Waals surface area contributed by atoms with Gasteiger partial charge in [0, 0.05) is 12.7 Å². The number of nitrogens with zero attached hydrogens (tertiary/aromatic N) is 1. The SMILES string of the molecule is CC(C)CC(O)CNC(=O)c1cnc(Cl)c(Cl)c1. The summed E-state index contributed by atoms with van der Waals surface area (Å²) in [4.78, 5) is 15.5. The Balaban J connectivity index is 2.52. The van der Waals surface area contributed by atoms with Gasteiger partial charge in [-0.25, -0.2) is 4.98 Å². The van der Waals surface area contributed by atoms with Crippen molar-refractivity contribution in [2.24, 2.45) is 5.92 Å². The third kappa shape index (κ3) is 4.80. The van der Waals surface area contributed by atoms with Crippen molar-refractivity contribution in [1.29, 1.82) is 0 Å². The molecule has 1 amide bonds. The monoisotopic (exact) mass is 290 g/mol. The number of halogens is 2. The van der Waals surface area contributed by atoms with Crippen molar-refractivity contribution < 1.29 is 9.90 Å². The molecule has 1 unspecified atom stereocenters. The molecule has 0 fully saturated rings. The van der Waals surface area contributed by atoms with Gasteiger partial charge in [0.1, 0.15) is 5.15 Å². The summed E-state index contributed by atoms with van der Waals surface area (Å²) < 4.78 is 0. The summed E-state index contributed by atoms with van der Waals surface area (Å²) in [6.45, 7) is 4.22. The molecule has 0 aliphatic rings. The average molecular weight is 291 g/mol. The van der Waals surface area contributed by atoms with E-state index in [4.69, 9.17) is 23.2 Å². The molecule has 2 N–H and O–H groups in total. The smallest absolute Gasteiger partial charge is 0.252 e. The summed E-state index contributed by atoms with van der Waals surface area (Å²) in [6, 6.07) is 1.45. The van der Waals surface area contributed by atoms with Gasteiger partial charge in [0.2, 0.25) is 0 Å². The molecule has 0 bridgehead atoms. The summed E-state index contributed by atoms with van der Waals surface area (Å²) in [7, 11) is 0. The van der Waals surface area contributed by atoms with Crippen LogP contribution in [0.2, 0.25) is 10.2 Å². The number of rotatable bonds is 5. The van der Waals surface area contributed by atoms with Crippen LogP contribution in [0.15, 0.2) is 12.3 Å². The van der Waals surface area contributed by atoms with Crippen molar-refractivity contribution in [3.8, 4) is 0 Å². The molecule has 1 aromatic heterocycles. The predicted octanol–water partition coefficient (Wildman–Crippen LogP) is 2.53. The molecule has 18 heavy (non-hydrogen) atoms. The molecule has 0 spiro atoms. The van der Waals surface area contributed by atoms with E-state index in [1.165, 1.54) is 12.3 Å². The molecular formula is C12H16Cl2N2O2. The van der Waals surface area contributed by atoms with E-state index in [9.17, 15) is 9.90 Å². The van der Waals surface area contributed by atoms with Gasteiger partial charge in [0.15, 0.2) is 0 Å². The van der Waals surface area contributed by atoms with Gasteiger partial charge in [-0.15, -0.1) is 0 Å². The molecule has 0 saturated carbocycles. The number of amides is 1. The summed E-state index contributed by atoms with van der Waals surface area (Å²) >= 11 is 11.4. The lowest BCUT2D eigenvalue weighted by molar-refractivity contribution is 0.0900. The van der Waals surface area contributed by atoms with E-state index in [-0.39, 0.29) is 22.6 Å². The lowest BCUT2D eigenvalue weighted by Gasteiger charge is -2.13. The van der Waals surface area contributed by atoms with Crippen LogP contribution in [0.4, 0.5) is 0 Å². The number of aliphatic hydroxyl groups excluding tert-OH is 1. The third-order valence-electron chi connectivity index (χ3n) is 2.30. The second-order valence-corrected chi connectivity index (χ2v) is 5.26. The minimum absolute atomic E-state index is 0.160. The lowest BCUT2D eigenvalue weighted by atomic mass is 10.1. The van der Waals surface area contributed by atoms with Crippen molar-refractivity contribution in [3.05, 3.63) is 28.0 Å². The summed E-state index contributed by atoms with van der Waals surface area (Å²) in [5.74, 6) is 0.0485. The van der Waals surface area contributed by atoms with Crippen molar-refractivity contribution in [1.82, 2.24) is 10.3 Å². The highest BCUT2D eigenvalue weighted by atomic mass is 35.5. The molecule has 0 aliphatic heterocycles. The van der Waals surface area contributed by atoms with E-state index in [2.05, 4.69) is 10.3 Å². The Morgan fingerprint density at radius 2 is 2.17 bits per heavy atom. The van der Waals surface area contributed by atoms with Crippen LogP contribution in [0.1, 0.15) is 30.6 Å². The van der Waals surface area contributed by atoms with Gasteiger partial charge in [0.25, 0.3) is 5.91 Å². The van der Waals surface area contributed by atoms with Gasteiger partial charge in [-0.3, -0.25) is 4.79 Å². The Labute approximate surface area is 116 Å². The fourth-order valence-electron chi connectivity index (χ4n) is 1.49. The van der Waals surface area contributed by atoms with Crippen LogP contribution >= 0.6 is 23.2 Å². The predicted molar refractivity (Wildman–Crippen MR) is 72.1 cm³/mol.